The topological polar surface area (TPSA) is 79.3 Å². The van der Waals surface area contributed by atoms with Crippen LogP contribution in [0.25, 0.3) is 0 Å². The lowest BCUT2D eigenvalue weighted by atomic mass is 10.1. The molecule has 0 fully saturated rings. The van der Waals surface area contributed by atoms with Crippen LogP contribution in [-0.4, -0.2) is 27.2 Å². The molecule has 2 rings (SSSR count). The normalized spacial score (nSPS) is 13.3. The zero-order valence-corrected chi connectivity index (χ0v) is 15.4. The van der Waals surface area contributed by atoms with Crippen LogP contribution < -0.4 is 5.32 Å². The molecule has 128 valence electrons. The average molecular weight is 364 g/mol. The summed E-state index contributed by atoms with van der Waals surface area (Å²) in [6, 6.07) is 6.92. The van der Waals surface area contributed by atoms with Gasteiger partial charge in [0.1, 0.15) is 10.3 Å². The van der Waals surface area contributed by atoms with E-state index < -0.39 is 11.2 Å². The van der Waals surface area contributed by atoms with Crippen LogP contribution in [0.1, 0.15) is 47.4 Å². The van der Waals surface area contributed by atoms with Crippen molar-refractivity contribution < 1.29 is 14.7 Å². The maximum atomic E-state index is 12.7. The number of benzene rings is 1. The predicted octanol–water partition coefficient (Wildman–Crippen LogP) is 3.90. The molecule has 7 heteroatoms. The smallest absolute Gasteiger partial charge is 0.316 e. The number of nitrogens with one attached hydrogen (secondary N) is 1. The molecule has 1 aromatic carbocycles. The van der Waals surface area contributed by atoms with Gasteiger partial charge in [0.15, 0.2) is 0 Å². The molecule has 0 saturated heterocycles. The van der Waals surface area contributed by atoms with E-state index >= 15 is 0 Å². The summed E-state index contributed by atoms with van der Waals surface area (Å²) in [5.41, 5.74) is 1.43. The van der Waals surface area contributed by atoms with Crippen LogP contribution in [0.5, 0.6) is 0 Å². The van der Waals surface area contributed by atoms with E-state index in [2.05, 4.69) is 10.3 Å². The molecule has 0 spiro atoms. The van der Waals surface area contributed by atoms with E-state index in [1.54, 1.807) is 31.2 Å². The second kappa shape index (κ2) is 8.30. The second-order valence-corrected chi connectivity index (χ2v) is 7.63. The molecule has 0 aliphatic rings. The Morgan fingerprint density at radius 1 is 1.38 bits per heavy atom. The fraction of sp³-hybridized carbons (Fsp3) is 0.353. The zero-order chi connectivity index (χ0) is 17.7. The maximum absolute atomic E-state index is 12.7. The highest BCUT2D eigenvalue weighted by atomic mass is 32.2. The Morgan fingerprint density at radius 2 is 2.08 bits per heavy atom. The molecule has 0 saturated carbocycles. The zero-order valence-electron chi connectivity index (χ0n) is 13.8. The minimum absolute atomic E-state index is 0.147. The number of hydrogen-bond donors (Lipinski definition) is 2. The van der Waals surface area contributed by atoms with Gasteiger partial charge >= 0.3 is 5.97 Å². The van der Waals surface area contributed by atoms with Crippen molar-refractivity contribution >= 4 is 35.0 Å². The number of aliphatic carboxylic acids is 1. The van der Waals surface area contributed by atoms with Gasteiger partial charge in [-0.05, 0) is 32.4 Å². The lowest BCUT2D eigenvalue weighted by Crippen LogP contribution is -2.28. The summed E-state index contributed by atoms with van der Waals surface area (Å²) < 4.78 is 0. The first-order valence-electron chi connectivity index (χ1n) is 7.63. The minimum Gasteiger partial charge on any atom is -0.480 e. The van der Waals surface area contributed by atoms with Gasteiger partial charge in [-0.25, -0.2) is 4.98 Å². The SMILES string of the molecule is CCC(NC(=O)c1ccccc1SC(C)C(=O)O)c1nc(C)cs1. The van der Waals surface area contributed by atoms with Gasteiger partial charge in [0.25, 0.3) is 5.91 Å². The summed E-state index contributed by atoms with van der Waals surface area (Å²) in [4.78, 5) is 28.8. The number of aromatic nitrogens is 1. The van der Waals surface area contributed by atoms with Gasteiger partial charge in [-0.1, -0.05) is 19.1 Å². The third kappa shape index (κ3) is 4.58. The number of hydrogen-bond acceptors (Lipinski definition) is 5. The van der Waals surface area contributed by atoms with Gasteiger partial charge in [-0.15, -0.1) is 23.1 Å². The van der Waals surface area contributed by atoms with Crippen LogP contribution in [-0.2, 0) is 4.79 Å². The fourth-order valence-corrected chi connectivity index (χ4v) is 3.96. The van der Waals surface area contributed by atoms with E-state index in [1.165, 1.54) is 23.1 Å². The Bertz CT molecular complexity index is 730. The standard InChI is InChI=1S/C17H20N2O3S2/c1-4-13(16-18-10(2)9-23-16)19-15(20)12-7-5-6-8-14(12)24-11(3)17(21)22/h5-9,11,13H,4H2,1-3H3,(H,19,20)(H,21,22). The van der Waals surface area contributed by atoms with Crippen LogP contribution in [0.15, 0.2) is 34.5 Å². The van der Waals surface area contributed by atoms with Crippen molar-refractivity contribution in [2.75, 3.05) is 0 Å². The Kier molecular flexibility index (Phi) is 6.39. The summed E-state index contributed by atoms with van der Waals surface area (Å²) in [5.74, 6) is -1.12. The molecule has 0 aliphatic carbocycles. The second-order valence-electron chi connectivity index (χ2n) is 5.36. The molecule has 0 bridgehead atoms. The summed E-state index contributed by atoms with van der Waals surface area (Å²) in [6.07, 6.45) is 0.736. The summed E-state index contributed by atoms with van der Waals surface area (Å²) in [5, 5.41) is 14.3. The van der Waals surface area contributed by atoms with Crippen molar-refractivity contribution in [2.24, 2.45) is 0 Å². The van der Waals surface area contributed by atoms with Crippen molar-refractivity contribution in [3.63, 3.8) is 0 Å². The van der Waals surface area contributed by atoms with Crippen molar-refractivity contribution in [3.05, 3.63) is 45.9 Å². The number of nitrogens with zero attached hydrogens (tertiary/aromatic N) is 1. The highest BCUT2D eigenvalue weighted by molar-refractivity contribution is 8.00. The number of carbonyl (C=O) groups excluding carboxylic acids is 1. The Balaban J connectivity index is 2.18. The quantitative estimate of drug-likeness (QED) is 0.729. The molecule has 1 aromatic heterocycles. The molecule has 2 atom stereocenters. The fourth-order valence-electron chi connectivity index (χ4n) is 2.10. The summed E-state index contributed by atoms with van der Waals surface area (Å²) in [7, 11) is 0. The van der Waals surface area contributed by atoms with Crippen molar-refractivity contribution in [1.29, 1.82) is 0 Å². The van der Waals surface area contributed by atoms with Gasteiger partial charge in [0.2, 0.25) is 0 Å². The summed E-state index contributed by atoms with van der Waals surface area (Å²) in [6.45, 7) is 5.53. The van der Waals surface area contributed by atoms with Gasteiger partial charge in [0.05, 0.1) is 11.6 Å². The number of carboxylic acid groups (broad SMARTS) is 1. The molecule has 2 unspecified atom stereocenters. The third-order valence-corrected chi connectivity index (χ3v) is 5.67. The van der Waals surface area contributed by atoms with Crippen molar-refractivity contribution in [3.8, 4) is 0 Å². The number of carboxylic acids is 1. The Morgan fingerprint density at radius 3 is 2.67 bits per heavy atom. The summed E-state index contributed by atoms with van der Waals surface area (Å²) >= 11 is 2.70. The lowest BCUT2D eigenvalue weighted by molar-refractivity contribution is -0.136. The average Bonchev–Trinajstić information content (AvgIpc) is 2.99. The lowest BCUT2D eigenvalue weighted by Gasteiger charge is -2.16. The highest BCUT2D eigenvalue weighted by Crippen LogP contribution is 2.28. The molecular formula is C17H20N2O3S2. The van der Waals surface area contributed by atoms with E-state index in [9.17, 15) is 9.59 Å². The molecule has 0 radical (unpaired) electrons. The van der Waals surface area contributed by atoms with Crippen LogP contribution in [0, 0.1) is 6.92 Å². The van der Waals surface area contributed by atoms with Crippen LogP contribution >= 0.6 is 23.1 Å². The van der Waals surface area contributed by atoms with Crippen LogP contribution in [0.2, 0.25) is 0 Å². The maximum Gasteiger partial charge on any atom is 0.316 e. The molecular weight excluding hydrogens is 344 g/mol. The first kappa shape index (κ1) is 18.5. The highest BCUT2D eigenvalue weighted by Gasteiger charge is 2.21. The number of carbonyl (C=O) groups is 2. The van der Waals surface area contributed by atoms with E-state index in [1.807, 2.05) is 19.2 Å². The van der Waals surface area contributed by atoms with Gasteiger partial charge in [-0.2, -0.15) is 0 Å². The van der Waals surface area contributed by atoms with E-state index in [0.717, 1.165) is 17.1 Å². The largest absolute Gasteiger partial charge is 0.480 e. The van der Waals surface area contributed by atoms with Gasteiger partial charge < -0.3 is 10.4 Å². The number of rotatable bonds is 7. The number of amides is 1. The predicted molar refractivity (Wildman–Crippen MR) is 96.7 cm³/mol. The molecule has 2 aromatic rings. The molecule has 5 nitrogen and oxygen atoms in total. The number of thioether (sulfide) groups is 1. The van der Waals surface area contributed by atoms with E-state index in [-0.39, 0.29) is 11.9 Å². The molecule has 0 aliphatic heterocycles. The number of aryl methyl sites for hydroxylation is 1. The first-order valence-corrected chi connectivity index (χ1v) is 9.39. The Labute approximate surface area is 149 Å². The van der Waals surface area contributed by atoms with Crippen LogP contribution in [0.3, 0.4) is 0 Å². The van der Waals surface area contributed by atoms with E-state index in [4.69, 9.17) is 5.11 Å². The first-order chi connectivity index (χ1) is 11.4. The monoisotopic (exact) mass is 364 g/mol. The molecule has 24 heavy (non-hydrogen) atoms. The minimum atomic E-state index is -0.903. The van der Waals surface area contributed by atoms with Crippen molar-refractivity contribution in [1.82, 2.24) is 10.3 Å². The molecule has 1 heterocycles. The van der Waals surface area contributed by atoms with Gasteiger partial charge in [-0.3, -0.25) is 9.59 Å². The molecule has 1 amide bonds. The third-order valence-electron chi connectivity index (χ3n) is 3.43. The number of thiazole rings is 1. The van der Waals surface area contributed by atoms with Crippen molar-refractivity contribution in [2.45, 2.75) is 43.4 Å². The molecule has 2 N–H and O–H groups in total. The van der Waals surface area contributed by atoms with E-state index in [0.29, 0.717) is 10.5 Å². The van der Waals surface area contributed by atoms with Crippen LogP contribution in [0.4, 0.5) is 0 Å². The Hall–Kier alpha value is -1.86. The van der Waals surface area contributed by atoms with Gasteiger partial charge in [0, 0.05) is 16.0 Å².